The number of nitrogens with zero attached hydrogens (tertiary/aromatic N) is 6. The lowest BCUT2D eigenvalue weighted by molar-refractivity contribution is -0.129. The number of hydrogen-bond donors (Lipinski definition) is 1. The molecule has 5 aromatic rings. The standard InChI is InChI=1S/C31H29N7O3/c1-4-30(39)38-10-9-37-15-21(38)16-40-29-14-24-23(13-27(29)37)31(33-17-32-24)35-20-5-8-28(19(2)11-20)41-22-6-7-26-25(12-22)34-18-36(26)3/h4-8,11-14,17-18,21H,1,9-10,15-16H2,2-3H3,(H,32,33,35)/t21-/m1/s1. The summed E-state index contributed by atoms with van der Waals surface area (Å²) in [5.41, 5.74) is 5.57. The van der Waals surface area contributed by atoms with E-state index in [0.717, 1.165) is 56.1 Å². The van der Waals surface area contributed by atoms with Crippen LogP contribution in [0.2, 0.25) is 0 Å². The van der Waals surface area contributed by atoms with E-state index in [-0.39, 0.29) is 11.9 Å². The van der Waals surface area contributed by atoms with Crippen molar-refractivity contribution in [3.05, 3.63) is 79.4 Å². The van der Waals surface area contributed by atoms with Crippen molar-refractivity contribution in [1.82, 2.24) is 24.4 Å². The van der Waals surface area contributed by atoms with Gasteiger partial charge in [0, 0.05) is 49.9 Å². The predicted molar refractivity (Wildman–Crippen MR) is 158 cm³/mol. The molecule has 7 rings (SSSR count). The summed E-state index contributed by atoms with van der Waals surface area (Å²) in [5, 5.41) is 4.36. The number of aryl methyl sites for hydroxylation is 2. The van der Waals surface area contributed by atoms with E-state index < -0.39 is 0 Å². The summed E-state index contributed by atoms with van der Waals surface area (Å²) in [6, 6.07) is 15.9. The Morgan fingerprint density at radius 1 is 1.10 bits per heavy atom. The number of amides is 1. The van der Waals surface area contributed by atoms with E-state index in [9.17, 15) is 4.79 Å². The molecule has 2 aliphatic heterocycles. The van der Waals surface area contributed by atoms with Crippen molar-refractivity contribution in [2.24, 2.45) is 7.05 Å². The number of hydrogen-bond acceptors (Lipinski definition) is 8. The van der Waals surface area contributed by atoms with Crippen molar-refractivity contribution >= 4 is 45.0 Å². The van der Waals surface area contributed by atoms with Gasteiger partial charge in [-0.05, 0) is 55.0 Å². The van der Waals surface area contributed by atoms with E-state index in [1.165, 1.54) is 6.08 Å². The maximum atomic E-state index is 12.3. The van der Waals surface area contributed by atoms with Crippen molar-refractivity contribution < 1.29 is 14.3 Å². The maximum Gasteiger partial charge on any atom is 0.246 e. The van der Waals surface area contributed by atoms with Crippen molar-refractivity contribution in [3.8, 4) is 17.2 Å². The molecule has 206 valence electrons. The van der Waals surface area contributed by atoms with Crippen molar-refractivity contribution in [2.75, 3.05) is 36.5 Å². The largest absolute Gasteiger partial charge is 0.489 e. The summed E-state index contributed by atoms with van der Waals surface area (Å²) in [4.78, 5) is 30.0. The Balaban J connectivity index is 1.15. The number of aromatic nitrogens is 4. The molecule has 3 aromatic carbocycles. The quantitative estimate of drug-likeness (QED) is 0.309. The Labute approximate surface area is 236 Å². The molecule has 10 heteroatoms. The first kappa shape index (κ1) is 24.9. The van der Waals surface area contributed by atoms with Gasteiger partial charge < -0.3 is 29.2 Å². The Morgan fingerprint density at radius 2 is 2.00 bits per heavy atom. The van der Waals surface area contributed by atoms with Crippen molar-refractivity contribution in [1.29, 1.82) is 0 Å². The fourth-order valence-corrected chi connectivity index (χ4v) is 5.63. The first-order valence-corrected chi connectivity index (χ1v) is 13.5. The number of benzene rings is 3. The summed E-state index contributed by atoms with van der Waals surface area (Å²) in [7, 11) is 1.97. The molecule has 1 saturated heterocycles. The van der Waals surface area contributed by atoms with Crippen LogP contribution in [0, 0.1) is 6.92 Å². The van der Waals surface area contributed by atoms with Crippen LogP contribution in [-0.2, 0) is 11.8 Å². The summed E-state index contributed by atoms with van der Waals surface area (Å²) in [6.07, 6.45) is 4.72. The van der Waals surface area contributed by atoms with Gasteiger partial charge in [0.1, 0.15) is 36.0 Å². The van der Waals surface area contributed by atoms with Crippen LogP contribution >= 0.6 is 0 Å². The number of nitrogens with one attached hydrogen (secondary N) is 1. The molecule has 2 bridgehead atoms. The average Bonchev–Trinajstić information content (AvgIpc) is 3.29. The Bertz CT molecular complexity index is 1830. The summed E-state index contributed by atoms with van der Waals surface area (Å²) in [5.74, 6) is 2.91. The van der Waals surface area contributed by atoms with Crippen LogP contribution in [-0.4, -0.2) is 62.6 Å². The van der Waals surface area contributed by atoms with Gasteiger partial charge in [-0.15, -0.1) is 0 Å². The lowest BCUT2D eigenvalue weighted by Crippen LogP contribution is -2.56. The smallest absolute Gasteiger partial charge is 0.246 e. The van der Waals surface area contributed by atoms with Gasteiger partial charge in [-0.3, -0.25) is 4.79 Å². The second-order valence-corrected chi connectivity index (χ2v) is 10.4. The van der Waals surface area contributed by atoms with Gasteiger partial charge in [-0.1, -0.05) is 6.58 Å². The average molecular weight is 548 g/mol. The number of anilines is 3. The zero-order valence-electron chi connectivity index (χ0n) is 22.9. The lowest BCUT2D eigenvalue weighted by Gasteiger charge is -2.39. The van der Waals surface area contributed by atoms with Crippen LogP contribution in [0.15, 0.2) is 73.8 Å². The third-order valence-electron chi connectivity index (χ3n) is 7.79. The molecule has 1 N–H and O–H groups in total. The highest BCUT2D eigenvalue weighted by Crippen LogP contribution is 2.39. The van der Waals surface area contributed by atoms with Crippen LogP contribution in [0.4, 0.5) is 17.2 Å². The minimum Gasteiger partial charge on any atom is -0.489 e. The minimum absolute atomic E-state index is 0.0389. The van der Waals surface area contributed by atoms with E-state index in [0.29, 0.717) is 32.1 Å². The molecular weight excluding hydrogens is 518 g/mol. The summed E-state index contributed by atoms with van der Waals surface area (Å²) >= 11 is 0. The fourth-order valence-electron chi connectivity index (χ4n) is 5.63. The number of carbonyl (C=O) groups excluding carboxylic acids is 1. The molecule has 4 heterocycles. The summed E-state index contributed by atoms with van der Waals surface area (Å²) < 4.78 is 14.4. The SMILES string of the molecule is C=CC(=O)N1CCN2C[C@@H]1COc1cc3ncnc(Nc4ccc(Oc5ccc6c(c5)ncn6C)c(C)c4)c3cc12. The molecule has 2 aromatic heterocycles. The highest BCUT2D eigenvalue weighted by molar-refractivity contribution is 5.95. The normalized spacial score (nSPS) is 16.2. The number of carbonyl (C=O) groups is 1. The number of imidazole rings is 1. The topological polar surface area (TPSA) is 97.6 Å². The third-order valence-corrected chi connectivity index (χ3v) is 7.79. The number of fused-ring (bicyclic) bond motifs is 6. The molecule has 1 atom stereocenters. The molecule has 0 unspecified atom stereocenters. The number of rotatable bonds is 5. The fraction of sp³-hybridized carbons (Fsp3) is 0.226. The van der Waals surface area contributed by atoms with Gasteiger partial charge in [-0.2, -0.15) is 0 Å². The second kappa shape index (κ2) is 9.81. The van der Waals surface area contributed by atoms with E-state index in [1.807, 2.05) is 65.9 Å². The molecule has 1 amide bonds. The molecule has 41 heavy (non-hydrogen) atoms. The Kier molecular flexibility index (Phi) is 5.96. The van der Waals surface area contributed by atoms with E-state index in [1.54, 1.807) is 12.7 Å². The number of piperazine rings is 1. The van der Waals surface area contributed by atoms with Crippen molar-refractivity contribution in [3.63, 3.8) is 0 Å². The third kappa shape index (κ3) is 4.47. The van der Waals surface area contributed by atoms with Gasteiger partial charge in [-0.25, -0.2) is 15.0 Å². The highest BCUT2D eigenvalue weighted by atomic mass is 16.5. The maximum absolute atomic E-state index is 12.3. The van der Waals surface area contributed by atoms with Crippen LogP contribution in [0.3, 0.4) is 0 Å². The monoisotopic (exact) mass is 547 g/mol. The lowest BCUT2D eigenvalue weighted by atomic mass is 10.1. The molecule has 10 nitrogen and oxygen atoms in total. The molecule has 0 spiro atoms. The molecule has 0 radical (unpaired) electrons. The van der Waals surface area contributed by atoms with Crippen LogP contribution in [0.1, 0.15) is 5.56 Å². The summed E-state index contributed by atoms with van der Waals surface area (Å²) in [6.45, 7) is 8.12. The number of ether oxygens (including phenoxy) is 2. The van der Waals surface area contributed by atoms with E-state index in [2.05, 4.69) is 37.8 Å². The first-order chi connectivity index (χ1) is 20.0. The molecule has 0 saturated carbocycles. The first-order valence-electron chi connectivity index (χ1n) is 13.5. The van der Waals surface area contributed by atoms with Gasteiger partial charge in [0.25, 0.3) is 0 Å². The van der Waals surface area contributed by atoms with Crippen LogP contribution in [0.5, 0.6) is 17.2 Å². The van der Waals surface area contributed by atoms with Gasteiger partial charge in [0.2, 0.25) is 5.91 Å². The second-order valence-electron chi connectivity index (χ2n) is 10.4. The highest BCUT2D eigenvalue weighted by Gasteiger charge is 2.34. The van der Waals surface area contributed by atoms with E-state index in [4.69, 9.17) is 9.47 Å². The Hall–Kier alpha value is -5.12. The van der Waals surface area contributed by atoms with Crippen LogP contribution in [0.25, 0.3) is 21.9 Å². The molecule has 2 aliphatic rings. The predicted octanol–water partition coefficient (Wildman–Crippen LogP) is 4.96. The van der Waals surface area contributed by atoms with E-state index >= 15 is 0 Å². The van der Waals surface area contributed by atoms with Gasteiger partial charge in [0.15, 0.2) is 0 Å². The molecule has 0 aliphatic carbocycles. The van der Waals surface area contributed by atoms with Gasteiger partial charge in [0.05, 0.1) is 34.6 Å². The molecule has 1 fully saturated rings. The van der Waals surface area contributed by atoms with Crippen LogP contribution < -0.4 is 19.7 Å². The molecular formula is C31H29N7O3. The Morgan fingerprint density at radius 3 is 2.85 bits per heavy atom. The minimum atomic E-state index is -0.0623. The van der Waals surface area contributed by atoms with Crippen molar-refractivity contribution in [2.45, 2.75) is 13.0 Å². The van der Waals surface area contributed by atoms with Gasteiger partial charge >= 0.3 is 0 Å². The zero-order chi connectivity index (χ0) is 28.1. The zero-order valence-corrected chi connectivity index (χ0v) is 22.9.